The van der Waals surface area contributed by atoms with Gasteiger partial charge >= 0.3 is 0 Å². The molecule has 0 aliphatic carbocycles. The zero-order chi connectivity index (χ0) is 13.9. The second-order valence-electron chi connectivity index (χ2n) is 6.27. The van der Waals surface area contributed by atoms with Crippen LogP contribution in [0.25, 0.3) is 0 Å². The monoisotopic (exact) mass is 292 g/mol. The number of hydrogen-bond donors (Lipinski definition) is 1. The Morgan fingerprint density at radius 1 is 1.20 bits per heavy atom. The average molecular weight is 293 g/mol. The van der Waals surface area contributed by atoms with Crippen molar-refractivity contribution in [3.63, 3.8) is 0 Å². The van der Waals surface area contributed by atoms with Gasteiger partial charge in [-0.1, -0.05) is 29.8 Å². The molecule has 2 fully saturated rings. The average Bonchev–Trinajstić information content (AvgIpc) is 3.01. The van der Waals surface area contributed by atoms with Gasteiger partial charge in [0, 0.05) is 17.1 Å². The van der Waals surface area contributed by atoms with Crippen molar-refractivity contribution in [3.05, 3.63) is 34.9 Å². The van der Waals surface area contributed by atoms with Crippen LogP contribution in [-0.4, -0.2) is 30.6 Å². The molecule has 110 valence electrons. The lowest BCUT2D eigenvalue weighted by Crippen LogP contribution is -2.41. The lowest BCUT2D eigenvalue weighted by atomic mass is 9.87. The summed E-state index contributed by atoms with van der Waals surface area (Å²) in [6, 6.07) is 9.48. The SMILES string of the molecule is CC(c1ccccc1Cl)N1CCC(C2CCCN2)CC1. The van der Waals surface area contributed by atoms with E-state index < -0.39 is 0 Å². The molecule has 2 unspecified atom stereocenters. The highest BCUT2D eigenvalue weighted by molar-refractivity contribution is 6.31. The summed E-state index contributed by atoms with van der Waals surface area (Å²) in [6.45, 7) is 5.92. The molecule has 0 amide bonds. The van der Waals surface area contributed by atoms with Crippen LogP contribution in [0.2, 0.25) is 5.02 Å². The molecule has 3 rings (SSSR count). The molecule has 2 nitrogen and oxygen atoms in total. The minimum absolute atomic E-state index is 0.432. The number of piperidine rings is 1. The molecule has 0 saturated carbocycles. The predicted molar refractivity (Wildman–Crippen MR) is 85.2 cm³/mol. The molecule has 0 aromatic heterocycles. The number of nitrogens with zero attached hydrogens (tertiary/aromatic N) is 1. The molecule has 2 heterocycles. The van der Waals surface area contributed by atoms with Gasteiger partial charge in [-0.25, -0.2) is 0 Å². The first-order chi connectivity index (χ1) is 9.75. The largest absolute Gasteiger partial charge is 0.314 e. The number of halogens is 1. The van der Waals surface area contributed by atoms with Crippen LogP contribution in [0, 0.1) is 5.92 Å². The van der Waals surface area contributed by atoms with E-state index in [1.54, 1.807) is 0 Å². The Bertz CT molecular complexity index is 434. The Morgan fingerprint density at radius 3 is 2.60 bits per heavy atom. The maximum atomic E-state index is 6.33. The molecule has 1 N–H and O–H groups in total. The summed E-state index contributed by atoms with van der Waals surface area (Å²) in [7, 11) is 0. The Balaban J connectivity index is 1.59. The lowest BCUT2D eigenvalue weighted by Gasteiger charge is -2.38. The second kappa shape index (κ2) is 6.46. The van der Waals surface area contributed by atoms with Crippen molar-refractivity contribution in [1.29, 1.82) is 0 Å². The van der Waals surface area contributed by atoms with Crippen LogP contribution in [0.3, 0.4) is 0 Å². The number of hydrogen-bond acceptors (Lipinski definition) is 2. The van der Waals surface area contributed by atoms with Gasteiger partial charge in [-0.15, -0.1) is 0 Å². The third-order valence-electron chi connectivity index (χ3n) is 5.14. The Labute approximate surface area is 127 Å². The molecule has 1 aromatic rings. The van der Waals surface area contributed by atoms with Crippen LogP contribution in [-0.2, 0) is 0 Å². The van der Waals surface area contributed by atoms with Crippen molar-refractivity contribution in [2.45, 2.75) is 44.7 Å². The lowest BCUT2D eigenvalue weighted by molar-refractivity contribution is 0.126. The van der Waals surface area contributed by atoms with Gasteiger partial charge < -0.3 is 5.32 Å². The zero-order valence-electron chi connectivity index (χ0n) is 12.3. The molecule has 0 radical (unpaired) electrons. The molecule has 20 heavy (non-hydrogen) atoms. The minimum Gasteiger partial charge on any atom is -0.314 e. The predicted octanol–water partition coefficient (Wildman–Crippen LogP) is 3.87. The van der Waals surface area contributed by atoms with E-state index in [1.807, 2.05) is 12.1 Å². The second-order valence-corrected chi connectivity index (χ2v) is 6.68. The fourth-order valence-corrected chi connectivity index (χ4v) is 4.13. The van der Waals surface area contributed by atoms with E-state index >= 15 is 0 Å². The van der Waals surface area contributed by atoms with Gasteiger partial charge in [0.1, 0.15) is 0 Å². The van der Waals surface area contributed by atoms with Gasteiger partial charge in [-0.05, 0) is 69.8 Å². The molecule has 2 aliphatic rings. The van der Waals surface area contributed by atoms with Gasteiger partial charge in [-0.2, -0.15) is 0 Å². The van der Waals surface area contributed by atoms with Crippen molar-refractivity contribution in [2.24, 2.45) is 5.92 Å². The molecule has 2 atom stereocenters. The number of likely N-dealkylation sites (tertiary alicyclic amines) is 1. The summed E-state index contributed by atoms with van der Waals surface area (Å²) < 4.78 is 0. The quantitative estimate of drug-likeness (QED) is 0.910. The van der Waals surface area contributed by atoms with Crippen LogP contribution < -0.4 is 5.32 Å². The Morgan fingerprint density at radius 2 is 1.95 bits per heavy atom. The van der Waals surface area contributed by atoms with Crippen molar-refractivity contribution in [2.75, 3.05) is 19.6 Å². The van der Waals surface area contributed by atoms with Crippen LogP contribution >= 0.6 is 11.6 Å². The molecular formula is C17H25ClN2. The van der Waals surface area contributed by atoms with E-state index in [0.29, 0.717) is 6.04 Å². The Hall–Kier alpha value is -0.570. The van der Waals surface area contributed by atoms with Gasteiger partial charge in [0.2, 0.25) is 0 Å². The topological polar surface area (TPSA) is 15.3 Å². The van der Waals surface area contributed by atoms with E-state index in [1.165, 1.54) is 50.9 Å². The van der Waals surface area contributed by atoms with Crippen LogP contribution in [0.4, 0.5) is 0 Å². The standard InChI is InChI=1S/C17H25ClN2/c1-13(15-5-2-3-6-16(15)18)20-11-8-14(9-12-20)17-7-4-10-19-17/h2-3,5-6,13-14,17,19H,4,7-12H2,1H3. The van der Waals surface area contributed by atoms with Crippen molar-refractivity contribution < 1.29 is 0 Å². The number of nitrogens with one attached hydrogen (secondary N) is 1. The first-order valence-electron chi connectivity index (χ1n) is 7.97. The smallest absolute Gasteiger partial charge is 0.0453 e. The van der Waals surface area contributed by atoms with Crippen LogP contribution in [0.15, 0.2) is 24.3 Å². The van der Waals surface area contributed by atoms with Gasteiger partial charge in [0.05, 0.1) is 0 Å². The normalized spacial score (nSPS) is 26.8. The fourth-order valence-electron chi connectivity index (χ4n) is 3.83. The maximum Gasteiger partial charge on any atom is 0.0453 e. The van der Waals surface area contributed by atoms with Gasteiger partial charge in [0.15, 0.2) is 0 Å². The van der Waals surface area contributed by atoms with Crippen molar-refractivity contribution in [1.82, 2.24) is 10.2 Å². The van der Waals surface area contributed by atoms with E-state index in [-0.39, 0.29) is 0 Å². The highest BCUT2D eigenvalue weighted by atomic mass is 35.5. The summed E-state index contributed by atoms with van der Waals surface area (Å²) in [5, 5.41) is 4.57. The number of benzene rings is 1. The maximum absolute atomic E-state index is 6.33. The summed E-state index contributed by atoms with van der Waals surface area (Å²) in [5.41, 5.74) is 1.27. The molecule has 0 spiro atoms. The summed E-state index contributed by atoms with van der Waals surface area (Å²) in [4.78, 5) is 2.59. The third kappa shape index (κ3) is 3.03. The van der Waals surface area contributed by atoms with Crippen molar-refractivity contribution in [3.8, 4) is 0 Å². The zero-order valence-corrected chi connectivity index (χ0v) is 13.1. The third-order valence-corrected chi connectivity index (χ3v) is 5.49. The van der Waals surface area contributed by atoms with Crippen molar-refractivity contribution >= 4 is 11.6 Å². The first-order valence-corrected chi connectivity index (χ1v) is 8.35. The summed E-state index contributed by atoms with van der Waals surface area (Å²) in [5.74, 6) is 0.882. The molecule has 2 saturated heterocycles. The molecule has 2 aliphatic heterocycles. The minimum atomic E-state index is 0.432. The molecule has 3 heteroatoms. The Kier molecular flexibility index (Phi) is 4.65. The number of rotatable bonds is 3. The highest BCUT2D eigenvalue weighted by Crippen LogP contribution is 2.32. The summed E-state index contributed by atoms with van der Waals surface area (Å²) >= 11 is 6.33. The van der Waals surface area contributed by atoms with Crippen LogP contribution in [0.1, 0.15) is 44.2 Å². The molecular weight excluding hydrogens is 268 g/mol. The van der Waals surface area contributed by atoms with Crippen LogP contribution in [0.5, 0.6) is 0 Å². The molecule has 0 bridgehead atoms. The van der Waals surface area contributed by atoms with E-state index in [9.17, 15) is 0 Å². The first kappa shape index (κ1) is 14.4. The van der Waals surface area contributed by atoms with E-state index in [4.69, 9.17) is 11.6 Å². The summed E-state index contributed by atoms with van der Waals surface area (Å²) in [6.07, 6.45) is 5.39. The molecule has 1 aromatic carbocycles. The van der Waals surface area contributed by atoms with Gasteiger partial charge in [0.25, 0.3) is 0 Å². The van der Waals surface area contributed by atoms with E-state index in [0.717, 1.165) is 17.0 Å². The fraction of sp³-hybridized carbons (Fsp3) is 0.647. The van der Waals surface area contributed by atoms with Gasteiger partial charge in [-0.3, -0.25) is 4.90 Å². The highest BCUT2D eigenvalue weighted by Gasteiger charge is 2.30. The van der Waals surface area contributed by atoms with E-state index in [2.05, 4.69) is 29.3 Å².